The van der Waals surface area contributed by atoms with Crippen LogP contribution < -0.4 is 9.64 Å². The second kappa shape index (κ2) is 12.6. The molecule has 55 heavy (non-hydrogen) atoms. The lowest BCUT2D eigenvalue weighted by Crippen LogP contribution is -2.11. The minimum Gasteiger partial charge on any atom is -0.456 e. The van der Waals surface area contributed by atoms with E-state index < -0.39 is 0 Å². The van der Waals surface area contributed by atoms with Crippen molar-refractivity contribution in [3.05, 3.63) is 200 Å². The van der Waals surface area contributed by atoms with E-state index in [2.05, 4.69) is 193 Å². The average molecular weight is 704 g/mol. The molecule has 3 heteroatoms. The Labute approximate surface area is 318 Å². The number of fused-ring (bicyclic) bond motifs is 5. The van der Waals surface area contributed by atoms with Gasteiger partial charge in [0.25, 0.3) is 0 Å². The summed E-state index contributed by atoms with van der Waals surface area (Å²) in [5.74, 6) is 1.68. The number of nitrogens with zero attached hydrogens (tertiary/aromatic N) is 1. The molecule has 0 radical (unpaired) electrons. The van der Waals surface area contributed by atoms with Crippen molar-refractivity contribution in [1.29, 1.82) is 0 Å². The third-order valence-corrected chi connectivity index (χ3v) is 10.8. The summed E-state index contributed by atoms with van der Waals surface area (Å²) in [7, 11) is 0. The molecule has 258 valence electrons. The lowest BCUT2D eigenvalue weighted by atomic mass is 9.90. The van der Waals surface area contributed by atoms with Gasteiger partial charge in [0.1, 0.15) is 22.7 Å². The highest BCUT2D eigenvalue weighted by Gasteiger charge is 2.26. The van der Waals surface area contributed by atoms with Crippen LogP contribution in [0.25, 0.3) is 77.2 Å². The van der Waals surface area contributed by atoms with Gasteiger partial charge in [-0.1, -0.05) is 140 Å². The number of hydrogen-bond acceptors (Lipinski definition) is 3. The minimum absolute atomic E-state index is 0.821. The molecule has 0 amide bonds. The van der Waals surface area contributed by atoms with Crippen molar-refractivity contribution in [2.75, 3.05) is 4.90 Å². The molecule has 9 aromatic carbocycles. The first-order chi connectivity index (χ1) is 27.3. The van der Waals surface area contributed by atoms with Gasteiger partial charge >= 0.3 is 0 Å². The molecule has 0 saturated heterocycles. The molecule has 0 saturated carbocycles. The van der Waals surface area contributed by atoms with Crippen LogP contribution in [0, 0.1) is 0 Å². The van der Waals surface area contributed by atoms with Crippen LogP contribution in [-0.2, 0) is 0 Å². The number of benzene rings is 9. The first-order valence-corrected chi connectivity index (χ1v) is 18.7. The van der Waals surface area contributed by atoms with Crippen LogP contribution in [0.1, 0.15) is 0 Å². The smallest absolute Gasteiger partial charge is 0.137 e. The highest BCUT2D eigenvalue weighted by Crippen LogP contribution is 2.52. The number of furan rings is 1. The van der Waals surface area contributed by atoms with E-state index in [4.69, 9.17) is 9.15 Å². The van der Waals surface area contributed by atoms with Gasteiger partial charge in [0.2, 0.25) is 0 Å². The van der Waals surface area contributed by atoms with E-state index in [0.717, 1.165) is 83.7 Å². The zero-order valence-electron chi connectivity index (χ0n) is 29.8. The van der Waals surface area contributed by atoms with E-state index in [-0.39, 0.29) is 0 Å². The van der Waals surface area contributed by atoms with Gasteiger partial charge < -0.3 is 14.1 Å². The molecule has 3 nitrogen and oxygen atoms in total. The Kier molecular flexibility index (Phi) is 7.17. The van der Waals surface area contributed by atoms with E-state index in [1.165, 1.54) is 22.1 Å². The zero-order valence-corrected chi connectivity index (χ0v) is 29.8. The van der Waals surface area contributed by atoms with Gasteiger partial charge in [-0.2, -0.15) is 0 Å². The van der Waals surface area contributed by atoms with Gasteiger partial charge in [-0.05, 0) is 98.9 Å². The number of rotatable bonds is 6. The summed E-state index contributed by atoms with van der Waals surface area (Å²) in [4.78, 5) is 2.36. The molecule has 1 aromatic heterocycles. The van der Waals surface area contributed by atoms with Crippen LogP contribution in [0.15, 0.2) is 205 Å². The van der Waals surface area contributed by atoms with E-state index in [1.807, 2.05) is 12.1 Å². The zero-order chi connectivity index (χ0) is 36.3. The van der Waals surface area contributed by atoms with Crippen molar-refractivity contribution in [3.63, 3.8) is 0 Å². The quantitative estimate of drug-likeness (QED) is 0.172. The van der Waals surface area contributed by atoms with Crippen molar-refractivity contribution < 1.29 is 9.15 Å². The monoisotopic (exact) mass is 703 g/mol. The van der Waals surface area contributed by atoms with Crippen molar-refractivity contribution in [2.45, 2.75) is 0 Å². The summed E-state index contributed by atoms with van der Waals surface area (Å²) < 4.78 is 13.3. The normalized spacial score (nSPS) is 11.8. The highest BCUT2D eigenvalue weighted by atomic mass is 16.5. The lowest BCUT2D eigenvalue weighted by Gasteiger charge is -2.29. The van der Waals surface area contributed by atoms with Crippen LogP contribution >= 0.6 is 0 Å². The van der Waals surface area contributed by atoms with Gasteiger partial charge in [0, 0.05) is 33.8 Å². The molecule has 10 aromatic rings. The Morgan fingerprint density at radius 2 is 0.945 bits per heavy atom. The number of ether oxygens (including phenoxy) is 1. The third kappa shape index (κ3) is 5.20. The third-order valence-electron chi connectivity index (χ3n) is 10.8. The second-order valence-electron chi connectivity index (χ2n) is 14.1. The van der Waals surface area contributed by atoms with Crippen molar-refractivity contribution in [1.82, 2.24) is 0 Å². The van der Waals surface area contributed by atoms with Crippen molar-refractivity contribution in [2.24, 2.45) is 0 Å². The summed E-state index contributed by atoms with van der Waals surface area (Å²) in [6.45, 7) is 0. The number of para-hydroxylation sites is 1. The molecule has 0 aliphatic carbocycles. The summed E-state index contributed by atoms with van der Waals surface area (Å²) in [6.07, 6.45) is 0. The topological polar surface area (TPSA) is 25.6 Å². The Bertz CT molecular complexity index is 3000. The average Bonchev–Trinajstić information content (AvgIpc) is 3.64. The van der Waals surface area contributed by atoms with Crippen LogP contribution in [0.5, 0.6) is 11.5 Å². The van der Waals surface area contributed by atoms with Gasteiger partial charge in [-0.15, -0.1) is 0 Å². The van der Waals surface area contributed by atoms with Crippen LogP contribution in [0.4, 0.5) is 17.1 Å². The molecular formula is C52H33NO2. The summed E-state index contributed by atoms with van der Waals surface area (Å²) in [5, 5.41) is 4.46. The molecule has 0 atom stereocenters. The first-order valence-electron chi connectivity index (χ1n) is 18.7. The number of anilines is 3. The van der Waals surface area contributed by atoms with E-state index in [0.29, 0.717) is 0 Å². The molecule has 0 unspecified atom stereocenters. The standard InChI is InChI=1S/C52H33NO2/c1-4-14-34(15-5-1)37-30-38(35-16-6-2-7-17-35)32-40(31-37)53(46-23-13-25-48-52(46)45-20-10-11-24-47(45)54-48)39-26-27-42-44-22-12-21-43-41(36-18-8-3-9-19-36)28-29-49(51(43)44)55-50(42)33-39/h1-33H. The van der Waals surface area contributed by atoms with Crippen LogP contribution in [0.3, 0.4) is 0 Å². The Morgan fingerprint density at radius 1 is 0.327 bits per heavy atom. The maximum atomic E-state index is 6.89. The van der Waals surface area contributed by atoms with E-state index in [9.17, 15) is 0 Å². The molecule has 2 heterocycles. The predicted molar refractivity (Wildman–Crippen MR) is 228 cm³/mol. The molecule has 1 aliphatic rings. The first kappa shape index (κ1) is 31.2. The SMILES string of the molecule is c1ccc(-c2cc(-c3ccccc3)cc(N(c3ccc4c(c3)Oc3ccc(-c5ccccc5)c5cccc-4c35)c3cccc4oc5ccccc5c34)c2)cc1. The fourth-order valence-corrected chi connectivity index (χ4v) is 8.33. The molecule has 0 N–H and O–H groups in total. The van der Waals surface area contributed by atoms with Gasteiger partial charge in [0.15, 0.2) is 0 Å². The summed E-state index contributed by atoms with van der Waals surface area (Å²) >= 11 is 0. The maximum Gasteiger partial charge on any atom is 0.137 e. The highest BCUT2D eigenvalue weighted by molar-refractivity contribution is 6.14. The molecule has 0 spiro atoms. The fourth-order valence-electron chi connectivity index (χ4n) is 8.33. The molecular weight excluding hydrogens is 671 g/mol. The van der Waals surface area contributed by atoms with E-state index in [1.54, 1.807) is 0 Å². The largest absolute Gasteiger partial charge is 0.456 e. The van der Waals surface area contributed by atoms with Crippen molar-refractivity contribution in [3.8, 4) is 56.0 Å². The fraction of sp³-hybridized carbons (Fsp3) is 0. The summed E-state index contributed by atoms with van der Waals surface area (Å²) in [6, 6.07) is 70.9. The maximum absolute atomic E-state index is 6.89. The Morgan fingerprint density at radius 3 is 1.69 bits per heavy atom. The van der Waals surface area contributed by atoms with Crippen LogP contribution in [0.2, 0.25) is 0 Å². The Hall–Kier alpha value is -7.36. The second-order valence-corrected chi connectivity index (χ2v) is 14.1. The lowest BCUT2D eigenvalue weighted by molar-refractivity contribution is 0.487. The summed E-state index contributed by atoms with van der Waals surface area (Å²) in [5.41, 5.74) is 14.0. The van der Waals surface area contributed by atoms with E-state index >= 15 is 0 Å². The predicted octanol–water partition coefficient (Wildman–Crippen LogP) is 15.0. The molecule has 1 aliphatic heterocycles. The van der Waals surface area contributed by atoms with Gasteiger partial charge in [0.05, 0.1) is 11.1 Å². The van der Waals surface area contributed by atoms with Gasteiger partial charge in [-0.25, -0.2) is 0 Å². The molecule has 0 bridgehead atoms. The van der Waals surface area contributed by atoms with Crippen molar-refractivity contribution >= 4 is 49.8 Å². The number of hydrogen-bond donors (Lipinski definition) is 0. The van der Waals surface area contributed by atoms with Gasteiger partial charge in [-0.3, -0.25) is 0 Å². The van der Waals surface area contributed by atoms with Crippen LogP contribution in [-0.4, -0.2) is 0 Å². The minimum atomic E-state index is 0.821. The molecule has 11 rings (SSSR count). The molecule has 0 fully saturated rings. The Balaban J connectivity index is 1.15.